The van der Waals surface area contributed by atoms with Crippen LogP contribution in [-0.2, 0) is 11.0 Å². The van der Waals surface area contributed by atoms with Gasteiger partial charge < -0.3 is 14.3 Å². The minimum absolute atomic E-state index is 0.0348. The van der Waals surface area contributed by atoms with Crippen LogP contribution >= 0.6 is 0 Å². The summed E-state index contributed by atoms with van der Waals surface area (Å²) in [6.07, 6.45) is -5.15. The third-order valence-corrected chi connectivity index (χ3v) is 3.77. The van der Waals surface area contributed by atoms with Crippen molar-refractivity contribution in [1.82, 2.24) is 0 Å². The van der Waals surface area contributed by atoms with E-state index in [0.29, 0.717) is 0 Å². The van der Waals surface area contributed by atoms with Crippen LogP contribution in [0.1, 0.15) is 12.2 Å². The maximum absolute atomic E-state index is 13.5. The van der Waals surface area contributed by atoms with E-state index in [1.807, 2.05) is 0 Å². The average Bonchev–Trinajstić information content (AvgIpc) is 2.61. The SMILES string of the molecule is O=C(O)CCOc1ccc2c(=O)c(-c3ccccc3)c(C(F)(F)F)oc2c1. The van der Waals surface area contributed by atoms with Gasteiger partial charge in [0.1, 0.15) is 11.3 Å². The third-order valence-electron chi connectivity index (χ3n) is 3.77. The first-order valence-corrected chi connectivity index (χ1v) is 7.85. The van der Waals surface area contributed by atoms with Crippen LogP contribution in [0.5, 0.6) is 5.75 Å². The second-order valence-corrected chi connectivity index (χ2v) is 5.65. The highest BCUT2D eigenvalue weighted by molar-refractivity contribution is 5.84. The summed E-state index contributed by atoms with van der Waals surface area (Å²) in [7, 11) is 0. The van der Waals surface area contributed by atoms with Crippen molar-refractivity contribution in [2.45, 2.75) is 12.6 Å². The molecule has 8 heteroatoms. The van der Waals surface area contributed by atoms with Crippen LogP contribution in [0, 0.1) is 0 Å². The van der Waals surface area contributed by atoms with E-state index in [0.717, 1.165) is 6.07 Å². The first-order valence-electron chi connectivity index (χ1n) is 7.85. The fraction of sp³-hybridized carbons (Fsp3) is 0.158. The molecule has 27 heavy (non-hydrogen) atoms. The van der Waals surface area contributed by atoms with Gasteiger partial charge in [-0.05, 0) is 17.7 Å². The maximum Gasteiger partial charge on any atom is 0.450 e. The summed E-state index contributed by atoms with van der Waals surface area (Å²) in [6.45, 7) is -0.167. The molecule has 0 bridgehead atoms. The van der Waals surface area contributed by atoms with E-state index in [1.54, 1.807) is 6.07 Å². The van der Waals surface area contributed by atoms with Crippen molar-refractivity contribution >= 4 is 16.9 Å². The minimum Gasteiger partial charge on any atom is -0.493 e. The quantitative estimate of drug-likeness (QED) is 0.715. The van der Waals surface area contributed by atoms with Crippen molar-refractivity contribution in [3.8, 4) is 16.9 Å². The van der Waals surface area contributed by atoms with E-state index in [2.05, 4.69) is 0 Å². The Morgan fingerprint density at radius 2 is 1.81 bits per heavy atom. The van der Waals surface area contributed by atoms with Gasteiger partial charge in [-0.2, -0.15) is 13.2 Å². The van der Waals surface area contributed by atoms with Crippen LogP contribution in [0.4, 0.5) is 13.2 Å². The Morgan fingerprint density at radius 3 is 2.44 bits per heavy atom. The van der Waals surface area contributed by atoms with Crippen molar-refractivity contribution in [3.05, 3.63) is 64.5 Å². The second kappa shape index (κ2) is 7.14. The highest BCUT2D eigenvalue weighted by Crippen LogP contribution is 2.37. The topological polar surface area (TPSA) is 76.7 Å². The lowest BCUT2D eigenvalue weighted by atomic mass is 10.0. The zero-order chi connectivity index (χ0) is 19.6. The van der Waals surface area contributed by atoms with E-state index in [1.165, 1.54) is 36.4 Å². The minimum atomic E-state index is -4.88. The van der Waals surface area contributed by atoms with Gasteiger partial charge in [-0.3, -0.25) is 9.59 Å². The Morgan fingerprint density at radius 1 is 1.11 bits per heavy atom. The van der Waals surface area contributed by atoms with Crippen LogP contribution in [-0.4, -0.2) is 17.7 Å². The van der Waals surface area contributed by atoms with Crippen molar-refractivity contribution < 1.29 is 32.2 Å². The largest absolute Gasteiger partial charge is 0.493 e. The molecule has 0 atom stereocenters. The molecule has 0 saturated carbocycles. The lowest BCUT2D eigenvalue weighted by molar-refractivity contribution is -0.152. The molecule has 0 aliphatic rings. The second-order valence-electron chi connectivity index (χ2n) is 5.65. The van der Waals surface area contributed by atoms with Gasteiger partial charge in [0.25, 0.3) is 0 Å². The number of aliphatic carboxylic acids is 1. The molecule has 0 saturated heterocycles. The van der Waals surface area contributed by atoms with Crippen LogP contribution in [0.3, 0.4) is 0 Å². The number of halogens is 3. The van der Waals surface area contributed by atoms with Crippen molar-refractivity contribution in [3.63, 3.8) is 0 Å². The number of alkyl halides is 3. The average molecular weight is 378 g/mol. The lowest BCUT2D eigenvalue weighted by Crippen LogP contribution is -2.16. The van der Waals surface area contributed by atoms with Crippen LogP contribution in [0.15, 0.2) is 57.7 Å². The molecule has 3 aromatic rings. The summed E-state index contributed by atoms with van der Waals surface area (Å²) in [5.74, 6) is -2.37. The van der Waals surface area contributed by atoms with Gasteiger partial charge in [0, 0.05) is 6.07 Å². The Labute approximate surface area is 150 Å². The molecule has 1 aromatic heterocycles. The van der Waals surface area contributed by atoms with Gasteiger partial charge in [-0.1, -0.05) is 30.3 Å². The molecule has 0 unspecified atom stereocenters. The smallest absolute Gasteiger partial charge is 0.450 e. The highest BCUT2D eigenvalue weighted by Gasteiger charge is 2.39. The molecule has 0 spiro atoms. The van der Waals surface area contributed by atoms with Crippen LogP contribution in [0.25, 0.3) is 22.1 Å². The molecule has 0 amide bonds. The fourth-order valence-corrected chi connectivity index (χ4v) is 2.59. The summed E-state index contributed by atoms with van der Waals surface area (Å²) in [6, 6.07) is 11.3. The van der Waals surface area contributed by atoms with Gasteiger partial charge >= 0.3 is 12.1 Å². The van der Waals surface area contributed by atoms with Crippen LogP contribution in [0.2, 0.25) is 0 Å². The predicted octanol–water partition coefficient (Wildman–Crippen LogP) is 4.33. The molecule has 0 fully saturated rings. The van der Waals surface area contributed by atoms with E-state index >= 15 is 0 Å². The van der Waals surface area contributed by atoms with Gasteiger partial charge in [0.15, 0.2) is 0 Å². The molecule has 0 radical (unpaired) electrons. The number of carboxylic acids is 1. The fourth-order valence-electron chi connectivity index (χ4n) is 2.59. The summed E-state index contributed by atoms with van der Waals surface area (Å²) in [4.78, 5) is 23.2. The Kier molecular flexibility index (Phi) is 4.89. The number of hydrogen-bond donors (Lipinski definition) is 1. The maximum atomic E-state index is 13.5. The van der Waals surface area contributed by atoms with E-state index in [-0.39, 0.29) is 35.3 Å². The summed E-state index contributed by atoms with van der Waals surface area (Å²) < 4.78 is 50.7. The zero-order valence-electron chi connectivity index (χ0n) is 13.7. The molecular weight excluding hydrogens is 365 g/mol. The van der Waals surface area contributed by atoms with Crippen molar-refractivity contribution in [2.75, 3.05) is 6.61 Å². The molecule has 0 aliphatic carbocycles. The summed E-state index contributed by atoms with van der Waals surface area (Å²) in [5.41, 5.74) is -1.57. The number of benzene rings is 2. The Balaban J connectivity index is 2.15. The lowest BCUT2D eigenvalue weighted by Gasteiger charge is -2.13. The molecular formula is C19H13F3O5. The number of ether oxygens (including phenoxy) is 1. The molecule has 140 valence electrons. The third kappa shape index (κ3) is 3.94. The van der Waals surface area contributed by atoms with E-state index < -0.39 is 28.9 Å². The Bertz CT molecular complexity index is 1040. The molecule has 0 aliphatic heterocycles. The number of hydrogen-bond acceptors (Lipinski definition) is 4. The molecule has 1 N–H and O–H groups in total. The number of carboxylic acid groups (broad SMARTS) is 1. The predicted molar refractivity (Wildman–Crippen MR) is 90.7 cm³/mol. The molecule has 3 rings (SSSR count). The van der Waals surface area contributed by atoms with Gasteiger partial charge in [0.05, 0.1) is 24.0 Å². The first kappa shape index (κ1) is 18.5. The highest BCUT2D eigenvalue weighted by atomic mass is 19.4. The molecule has 2 aromatic carbocycles. The molecule has 1 heterocycles. The Hall–Kier alpha value is -3.29. The standard InChI is InChI=1S/C19H13F3O5/c20-19(21,22)18-16(11-4-2-1-3-5-11)17(25)13-7-6-12(10-14(13)27-18)26-9-8-15(23)24/h1-7,10H,8-9H2,(H,23,24). The first-order chi connectivity index (χ1) is 12.8. The van der Waals surface area contributed by atoms with Gasteiger partial charge in [0.2, 0.25) is 11.2 Å². The van der Waals surface area contributed by atoms with E-state index in [4.69, 9.17) is 14.3 Å². The van der Waals surface area contributed by atoms with Gasteiger partial charge in [-0.15, -0.1) is 0 Å². The molecule has 5 nitrogen and oxygen atoms in total. The summed E-state index contributed by atoms with van der Waals surface area (Å²) >= 11 is 0. The number of carbonyl (C=O) groups is 1. The van der Waals surface area contributed by atoms with Crippen molar-refractivity contribution in [1.29, 1.82) is 0 Å². The summed E-state index contributed by atoms with van der Waals surface area (Å²) in [5, 5.41) is 8.56. The van der Waals surface area contributed by atoms with E-state index in [9.17, 15) is 22.8 Å². The number of fused-ring (bicyclic) bond motifs is 1. The monoisotopic (exact) mass is 378 g/mol. The van der Waals surface area contributed by atoms with Crippen molar-refractivity contribution in [2.24, 2.45) is 0 Å². The zero-order valence-corrected chi connectivity index (χ0v) is 13.7. The van der Waals surface area contributed by atoms with Crippen LogP contribution < -0.4 is 10.2 Å². The van der Waals surface area contributed by atoms with Gasteiger partial charge in [-0.25, -0.2) is 0 Å². The normalized spacial score (nSPS) is 11.5. The number of rotatable bonds is 5.